The zero-order valence-electron chi connectivity index (χ0n) is 12.1. The van der Waals surface area contributed by atoms with E-state index in [-0.39, 0.29) is 17.4 Å². The van der Waals surface area contributed by atoms with E-state index in [0.717, 1.165) is 5.69 Å². The van der Waals surface area contributed by atoms with E-state index >= 15 is 0 Å². The predicted molar refractivity (Wildman–Crippen MR) is 80.5 cm³/mol. The van der Waals surface area contributed by atoms with E-state index in [9.17, 15) is 13.2 Å². The molecule has 3 rings (SSSR count). The van der Waals surface area contributed by atoms with Crippen molar-refractivity contribution in [2.24, 2.45) is 0 Å². The highest BCUT2D eigenvalue weighted by atomic mass is 32.2. The monoisotopic (exact) mass is 320 g/mol. The second-order valence-corrected chi connectivity index (χ2v) is 7.96. The molecule has 1 aliphatic rings. The van der Waals surface area contributed by atoms with Crippen LogP contribution in [0.4, 0.5) is 0 Å². The number of nitrogens with one attached hydrogen (secondary N) is 1. The van der Waals surface area contributed by atoms with Crippen LogP contribution in [0.3, 0.4) is 0 Å². The topological polar surface area (TPSA) is 93.9 Å². The summed E-state index contributed by atoms with van der Waals surface area (Å²) in [5.74, 6) is -0.157. The van der Waals surface area contributed by atoms with Gasteiger partial charge in [-0.1, -0.05) is 0 Å². The van der Waals surface area contributed by atoms with Crippen LogP contribution in [0, 0.1) is 0 Å². The van der Waals surface area contributed by atoms with Gasteiger partial charge in [0.15, 0.2) is 9.84 Å². The number of carbonyl (C=O) groups excluding carboxylic acids is 1. The molecule has 0 saturated carbocycles. The minimum Gasteiger partial charge on any atom is -0.346 e. The Balaban J connectivity index is 1.73. The van der Waals surface area contributed by atoms with Crippen LogP contribution < -0.4 is 5.32 Å². The number of aromatic nitrogens is 3. The van der Waals surface area contributed by atoms with Crippen molar-refractivity contribution in [3.63, 3.8) is 0 Å². The molecular weight excluding hydrogens is 304 g/mol. The fraction of sp³-hybridized carbons (Fsp3) is 0.357. The van der Waals surface area contributed by atoms with E-state index in [1.807, 2.05) is 0 Å². The third-order valence-corrected chi connectivity index (χ3v) is 5.67. The molecule has 22 heavy (non-hydrogen) atoms. The second kappa shape index (κ2) is 5.20. The molecule has 0 spiro atoms. The Labute approximate surface area is 128 Å². The molecule has 0 bridgehead atoms. The minimum absolute atomic E-state index is 0.00940. The molecular formula is C14H16N4O3S. The Hall–Kier alpha value is -2.22. The summed E-state index contributed by atoms with van der Waals surface area (Å²) in [5.41, 5.74) is 0.640. The summed E-state index contributed by atoms with van der Waals surface area (Å²) in [6.45, 7) is 1.76. The fourth-order valence-electron chi connectivity index (χ4n) is 2.57. The van der Waals surface area contributed by atoms with Gasteiger partial charge in [-0.25, -0.2) is 8.42 Å². The average molecular weight is 320 g/mol. The maximum Gasteiger partial charge on any atom is 0.251 e. The van der Waals surface area contributed by atoms with Crippen molar-refractivity contribution in [1.29, 1.82) is 0 Å². The number of rotatable bonds is 3. The zero-order valence-corrected chi connectivity index (χ0v) is 12.9. The quantitative estimate of drug-likeness (QED) is 0.892. The Morgan fingerprint density at radius 1 is 1.23 bits per heavy atom. The molecule has 116 valence electrons. The second-order valence-electron chi connectivity index (χ2n) is 5.77. The molecule has 2 aromatic rings. The summed E-state index contributed by atoms with van der Waals surface area (Å²) in [5, 5.41) is 10.3. The summed E-state index contributed by atoms with van der Waals surface area (Å²) >= 11 is 0. The molecule has 2 heterocycles. The SMILES string of the molecule is CC1(NC(=O)c2ccc(-n3cnnc3)cc2)CCS(=O)(=O)C1. The van der Waals surface area contributed by atoms with Crippen LogP contribution in [0.5, 0.6) is 0 Å². The van der Waals surface area contributed by atoms with E-state index in [1.165, 1.54) is 0 Å². The van der Waals surface area contributed by atoms with Gasteiger partial charge in [-0.2, -0.15) is 0 Å². The van der Waals surface area contributed by atoms with Crippen LogP contribution in [0.1, 0.15) is 23.7 Å². The lowest BCUT2D eigenvalue weighted by atomic mass is 10.0. The summed E-state index contributed by atoms with van der Waals surface area (Å²) in [6, 6.07) is 6.95. The molecule has 0 radical (unpaired) electrons. The van der Waals surface area contributed by atoms with E-state index in [4.69, 9.17) is 0 Å². The largest absolute Gasteiger partial charge is 0.346 e. The van der Waals surface area contributed by atoms with Gasteiger partial charge in [0.25, 0.3) is 5.91 Å². The van der Waals surface area contributed by atoms with E-state index < -0.39 is 15.4 Å². The van der Waals surface area contributed by atoms with Crippen molar-refractivity contribution in [3.05, 3.63) is 42.5 Å². The van der Waals surface area contributed by atoms with Crippen LogP contribution in [0.15, 0.2) is 36.9 Å². The lowest BCUT2D eigenvalue weighted by molar-refractivity contribution is 0.0915. The van der Waals surface area contributed by atoms with Gasteiger partial charge in [-0.15, -0.1) is 10.2 Å². The lowest BCUT2D eigenvalue weighted by Crippen LogP contribution is -2.46. The number of benzene rings is 1. The lowest BCUT2D eigenvalue weighted by Gasteiger charge is -2.23. The molecule has 1 N–H and O–H groups in total. The van der Waals surface area contributed by atoms with Crippen molar-refractivity contribution in [2.75, 3.05) is 11.5 Å². The normalized spacial score (nSPS) is 23.3. The first-order valence-corrected chi connectivity index (χ1v) is 8.67. The Kier molecular flexibility index (Phi) is 3.48. The number of sulfone groups is 1. The number of carbonyl (C=O) groups is 1. The van der Waals surface area contributed by atoms with Crippen LogP contribution >= 0.6 is 0 Å². The fourth-order valence-corrected chi connectivity index (χ4v) is 4.67. The standard InChI is InChI=1S/C14H16N4O3S/c1-14(6-7-22(20,21)8-14)17-13(19)11-2-4-12(5-3-11)18-9-15-16-10-18/h2-5,9-10H,6-8H2,1H3,(H,17,19). The number of hydrogen-bond donors (Lipinski definition) is 1. The molecule has 0 aliphatic carbocycles. The first-order valence-electron chi connectivity index (χ1n) is 6.85. The van der Waals surface area contributed by atoms with Gasteiger partial charge >= 0.3 is 0 Å². The van der Waals surface area contributed by atoms with E-state index in [1.54, 1.807) is 48.4 Å². The van der Waals surface area contributed by atoms with Crippen molar-refractivity contribution in [2.45, 2.75) is 18.9 Å². The highest BCUT2D eigenvalue weighted by Crippen LogP contribution is 2.23. The predicted octanol–water partition coefficient (Wildman–Crippen LogP) is 0.574. The van der Waals surface area contributed by atoms with Crippen LogP contribution in [-0.4, -0.2) is 46.1 Å². The summed E-state index contributed by atoms with van der Waals surface area (Å²) in [4.78, 5) is 12.3. The van der Waals surface area contributed by atoms with Crippen LogP contribution in [-0.2, 0) is 9.84 Å². The number of amides is 1. The van der Waals surface area contributed by atoms with E-state index in [0.29, 0.717) is 12.0 Å². The summed E-state index contributed by atoms with van der Waals surface area (Å²) in [7, 11) is -3.05. The molecule has 1 aromatic carbocycles. The summed E-state index contributed by atoms with van der Waals surface area (Å²) in [6.07, 6.45) is 3.58. The molecule has 1 atom stereocenters. The average Bonchev–Trinajstić information content (AvgIpc) is 3.07. The maximum absolute atomic E-state index is 12.3. The third kappa shape index (κ3) is 3.01. The van der Waals surface area contributed by atoms with Crippen molar-refractivity contribution in [1.82, 2.24) is 20.1 Å². The van der Waals surface area contributed by atoms with Gasteiger partial charge in [0.1, 0.15) is 12.7 Å². The van der Waals surface area contributed by atoms with Crippen molar-refractivity contribution >= 4 is 15.7 Å². The van der Waals surface area contributed by atoms with Gasteiger partial charge < -0.3 is 5.32 Å². The first kappa shape index (κ1) is 14.7. The third-order valence-electron chi connectivity index (χ3n) is 3.77. The van der Waals surface area contributed by atoms with Gasteiger partial charge in [-0.3, -0.25) is 9.36 Å². The zero-order chi connectivity index (χ0) is 15.8. The van der Waals surface area contributed by atoms with Crippen LogP contribution in [0.25, 0.3) is 5.69 Å². The molecule has 1 amide bonds. The molecule has 1 aromatic heterocycles. The molecule has 1 aliphatic heterocycles. The number of nitrogens with zero attached hydrogens (tertiary/aromatic N) is 3. The Morgan fingerprint density at radius 3 is 2.41 bits per heavy atom. The van der Waals surface area contributed by atoms with Gasteiger partial charge in [0.05, 0.1) is 17.0 Å². The number of hydrogen-bond acceptors (Lipinski definition) is 5. The smallest absolute Gasteiger partial charge is 0.251 e. The molecule has 1 fully saturated rings. The van der Waals surface area contributed by atoms with Gasteiger partial charge in [-0.05, 0) is 37.6 Å². The van der Waals surface area contributed by atoms with E-state index in [2.05, 4.69) is 15.5 Å². The van der Waals surface area contributed by atoms with Crippen molar-refractivity contribution in [3.8, 4) is 5.69 Å². The summed E-state index contributed by atoms with van der Waals surface area (Å²) < 4.78 is 24.9. The highest BCUT2D eigenvalue weighted by molar-refractivity contribution is 7.91. The minimum atomic E-state index is -3.05. The highest BCUT2D eigenvalue weighted by Gasteiger charge is 2.39. The first-order chi connectivity index (χ1) is 10.4. The molecule has 1 saturated heterocycles. The molecule has 1 unspecified atom stereocenters. The Morgan fingerprint density at radius 2 is 1.86 bits per heavy atom. The van der Waals surface area contributed by atoms with Gasteiger partial charge in [0, 0.05) is 11.3 Å². The molecule has 7 nitrogen and oxygen atoms in total. The van der Waals surface area contributed by atoms with Crippen LogP contribution in [0.2, 0.25) is 0 Å². The van der Waals surface area contributed by atoms with Gasteiger partial charge in [0.2, 0.25) is 0 Å². The Bertz CT molecular complexity index is 784. The van der Waals surface area contributed by atoms with Crippen molar-refractivity contribution < 1.29 is 13.2 Å². The molecule has 8 heteroatoms. The maximum atomic E-state index is 12.3.